The minimum absolute atomic E-state index is 0.615. The monoisotopic (exact) mass is 253 g/mol. The van der Waals surface area contributed by atoms with Gasteiger partial charge in [0.15, 0.2) is 0 Å². The van der Waals surface area contributed by atoms with Crippen molar-refractivity contribution in [3.05, 3.63) is 36.6 Å². The molecule has 0 atom stereocenters. The molecule has 0 amide bonds. The molecule has 3 aromatic rings. The highest BCUT2D eigenvalue weighted by atomic mass is 16.3. The van der Waals surface area contributed by atoms with Gasteiger partial charge in [-0.05, 0) is 18.9 Å². The lowest BCUT2D eigenvalue weighted by Gasteiger charge is -1.97. The molecule has 0 unspecified atom stereocenters. The minimum atomic E-state index is 0.615. The Labute approximate surface area is 111 Å². The number of nitrogens with one attached hydrogen (secondary N) is 1. The Kier molecular flexibility index (Phi) is 2.18. The first-order valence-electron chi connectivity index (χ1n) is 6.58. The summed E-state index contributed by atoms with van der Waals surface area (Å²) in [6.45, 7) is 0. The van der Waals surface area contributed by atoms with Crippen LogP contribution in [0.2, 0.25) is 0 Å². The van der Waals surface area contributed by atoms with Gasteiger partial charge in [-0.15, -0.1) is 0 Å². The van der Waals surface area contributed by atoms with Crippen LogP contribution in [0.5, 0.6) is 0 Å². The highest BCUT2D eigenvalue weighted by Gasteiger charge is 2.22. The highest BCUT2D eigenvalue weighted by molar-refractivity contribution is 5.93. The maximum absolute atomic E-state index is 5.60. The lowest BCUT2D eigenvalue weighted by Crippen LogP contribution is -2.01. The molecule has 96 valence electrons. The van der Waals surface area contributed by atoms with Crippen molar-refractivity contribution >= 4 is 16.8 Å². The number of anilines is 1. The Morgan fingerprint density at radius 1 is 1.32 bits per heavy atom. The van der Waals surface area contributed by atoms with E-state index >= 15 is 0 Å². The predicted octanol–water partition coefficient (Wildman–Crippen LogP) is 3.41. The third-order valence-corrected chi connectivity index (χ3v) is 3.57. The number of aromatic nitrogens is 2. The van der Waals surface area contributed by atoms with Crippen molar-refractivity contribution in [3.8, 4) is 11.3 Å². The zero-order chi connectivity index (χ0) is 12.8. The van der Waals surface area contributed by atoms with E-state index in [-0.39, 0.29) is 0 Å². The third-order valence-electron chi connectivity index (χ3n) is 3.57. The van der Waals surface area contributed by atoms with Crippen LogP contribution in [0.25, 0.3) is 22.2 Å². The van der Waals surface area contributed by atoms with E-state index in [0.29, 0.717) is 6.04 Å². The van der Waals surface area contributed by atoms with E-state index < -0.39 is 0 Å². The van der Waals surface area contributed by atoms with Crippen LogP contribution in [0.15, 0.2) is 41.0 Å². The second-order valence-electron chi connectivity index (χ2n) is 5.10. The van der Waals surface area contributed by atoms with E-state index in [1.165, 1.54) is 12.8 Å². The van der Waals surface area contributed by atoms with E-state index in [1.54, 1.807) is 0 Å². The van der Waals surface area contributed by atoms with Gasteiger partial charge >= 0.3 is 0 Å². The van der Waals surface area contributed by atoms with Gasteiger partial charge in [-0.2, -0.15) is 5.10 Å². The quantitative estimate of drug-likeness (QED) is 0.777. The van der Waals surface area contributed by atoms with Crippen molar-refractivity contribution in [3.63, 3.8) is 0 Å². The van der Waals surface area contributed by atoms with Gasteiger partial charge in [-0.25, -0.2) is 0 Å². The first-order valence-corrected chi connectivity index (χ1v) is 6.58. The molecule has 1 N–H and O–H groups in total. The molecule has 19 heavy (non-hydrogen) atoms. The molecule has 1 fully saturated rings. The van der Waals surface area contributed by atoms with Crippen LogP contribution in [0.3, 0.4) is 0 Å². The molecule has 0 bridgehead atoms. The number of fused-ring (bicyclic) bond motifs is 1. The summed E-state index contributed by atoms with van der Waals surface area (Å²) in [7, 11) is 1.97. The van der Waals surface area contributed by atoms with Crippen molar-refractivity contribution in [1.29, 1.82) is 0 Å². The molecule has 1 aliphatic carbocycles. The molecule has 4 heteroatoms. The fraction of sp³-hybridized carbons (Fsp3) is 0.267. The predicted molar refractivity (Wildman–Crippen MR) is 75.1 cm³/mol. The molecule has 2 heterocycles. The second kappa shape index (κ2) is 3.88. The second-order valence-corrected chi connectivity index (χ2v) is 5.10. The molecular weight excluding hydrogens is 238 g/mol. The summed E-state index contributed by atoms with van der Waals surface area (Å²) >= 11 is 0. The summed E-state index contributed by atoms with van der Waals surface area (Å²) in [6.07, 6.45) is 4.31. The van der Waals surface area contributed by atoms with Gasteiger partial charge in [0.05, 0.1) is 5.69 Å². The van der Waals surface area contributed by atoms with Gasteiger partial charge in [0.2, 0.25) is 0 Å². The summed E-state index contributed by atoms with van der Waals surface area (Å²) in [5, 5.41) is 9.07. The summed E-state index contributed by atoms with van der Waals surface area (Å²) in [6, 6.07) is 10.8. The number of nitrogens with zero attached hydrogens (tertiary/aromatic N) is 2. The first-order chi connectivity index (χ1) is 9.31. The van der Waals surface area contributed by atoms with Gasteiger partial charge in [0.25, 0.3) is 0 Å². The zero-order valence-electron chi connectivity index (χ0n) is 10.8. The molecule has 4 rings (SSSR count). The average Bonchev–Trinajstić information content (AvgIpc) is 3.00. The normalized spacial score (nSPS) is 15.0. The summed E-state index contributed by atoms with van der Waals surface area (Å²) in [5.41, 5.74) is 3.08. The van der Waals surface area contributed by atoms with Crippen LogP contribution in [-0.2, 0) is 7.05 Å². The molecule has 2 aromatic heterocycles. The van der Waals surface area contributed by atoms with Crippen molar-refractivity contribution in [2.75, 3.05) is 5.32 Å². The van der Waals surface area contributed by atoms with E-state index in [4.69, 9.17) is 4.42 Å². The molecule has 0 radical (unpaired) electrons. The number of benzene rings is 1. The van der Waals surface area contributed by atoms with Gasteiger partial charge in [0.1, 0.15) is 17.7 Å². The summed E-state index contributed by atoms with van der Waals surface area (Å²) in [5.74, 6) is 0.949. The summed E-state index contributed by atoms with van der Waals surface area (Å²) in [4.78, 5) is 0. The highest BCUT2D eigenvalue weighted by Crippen LogP contribution is 2.32. The Bertz CT molecular complexity index is 737. The van der Waals surface area contributed by atoms with Crippen LogP contribution in [0.4, 0.5) is 5.82 Å². The van der Waals surface area contributed by atoms with Crippen LogP contribution >= 0.6 is 0 Å². The largest absolute Gasteiger partial charge is 0.464 e. The fourth-order valence-corrected chi connectivity index (χ4v) is 2.40. The molecular formula is C15H15N3O. The lowest BCUT2D eigenvalue weighted by atomic mass is 10.1. The maximum atomic E-state index is 5.60. The molecule has 4 nitrogen and oxygen atoms in total. The fourth-order valence-electron chi connectivity index (χ4n) is 2.40. The molecule has 1 saturated carbocycles. The number of hydrogen-bond donors (Lipinski definition) is 1. The minimum Gasteiger partial charge on any atom is -0.464 e. The lowest BCUT2D eigenvalue weighted by molar-refractivity contribution is 0.616. The number of para-hydroxylation sites is 1. The van der Waals surface area contributed by atoms with E-state index in [9.17, 15) is 0 Å². The Morgan fingerprint density at radius 3 is 3.00 bits per heavy atom. The van der Waals surface area contributed by atoms with Gasteiger partial charge < -0.3 is 9.73 Å². The maximum Gasteiger partial charge on any atom is 0.148 e. The van der Waals surface area contributed by atoms with Gasteiger partial charge in [-0.1, -0.05) is 18.2 Å². The first kappa shape index (κ1) is 10.7. The average molecular weight is 253 g/mol. The zero-order valence-corrected chi connectivity index (χ0v) is 10.8. The Morgan fingerprint density at radius 2 is 2.16 bits per heavy atom. The van der Waals surface area contributed by atoms with Crippen molar-refractivity contribution in [2.24, 2.45) is 7.05 Å². The Hall–Kier alpha value is -2.23. The van der Waals surface area contributed by atoms with Crippen LogP contribution in [0.1, 0.15) is 12.8 Å². The Balaban J connectivity index is 1.80. The molecule has 1 aliphatic rings. The van der Waals surface area contributed by atoms with Gasteiger partial charge in [-0.3, -0.25) is 4.68 Å². The number of rotatable bonds is 3. The van der Waals surface area contributed by atoms with Crippen molar-refractivity contribution in [2.45, 2.75) is 18.9 Å². The molecule has 1 aromatic carbocycles. The standard InChI is InChI=1S/C15H15N3O/c1-18-13(8-15(17-18)16-10-6-7-10)12-9-19-14-5-3-2-4-11(12)14/h2-5,8-10H,6-7H2,1H3,(H,16,17). The van der Waals surface area contributed by atoms with E-state index in [2.05, 4.69) is 22.5 Å². The topological polar surface area (TPSA) is 43.0 Å². The molecule has 0 spiro atoms. The van der Waals surface area contributed by atoms with Crippen molar-refractivity contribution < 1.29 is 4.42 Å². The molecule has 0 saturated heterocycles. The molecule has 0 aliphatic heterocycles. The number of furan rings is 1. The van der Waals surface area contributed by atoms with Crippen LogP contribution in [0, 0.1) is 0 Å². The summed E-state index contributed by atoms with van der Waals surface area (Å²) < 4.78 is 7.50. The SMILES string of the molecule is Cn1nc(NC2CC2)cc1-c1coc2ccccc12. The van der Waals surface area contributed by atoms with Gasteiger partial charge in [0, 0.05) is 30.1 Å². The smallest absolute Gasteiger partial charge is 0.148 e. The number of hydrogen-bond acceptors (Lipinski definition) is 3. The van der Waals surface area contributed by atoms with Crippen LogP contribution < -0.4 is 5.32 Å². The number of aryl methyl sites for hydroxylation is 1. The van der Waals surface area contributed by atoms with Crippen LogP contribution in [-0.4, -0.2) is 15.8 Å². The third kappa shape index (κ3) is 1.80. The van der Waals surface area contributed by atoms with E-state index in [1.807, 2.05) is 36.2 Å². The van der Waals surface area contributed by atoms with Crippen molar-refractivity contribution in [1.82, 2.24) is 9.78 Å². The van der Waals surface area contributed by atoms with E-state index in [0.717, 1.165) is 28.0 Å².